The average Bonchev–Trinajstić information content (AvgIpc) is 3.04. The van der Waals surface area contributed by atoms with Gasteiger partial charge in [-0.1, -0.05) is 92.1 Å². The maximum absolute atomic E-state index is 13.7. The highest BCUT2D eigenvalue weighted by Gasteiger charge is 2.41. The fourth-order valence-corrected chi connectivity index (χ4v) is 9.85. The quantitative estimate of drug-likeness (QED) is 0.209. The summed E-state index contributed by atoms with van der Waals surface area (Å²) in [6.45, 7) is 6.90. The molecule has 0 bridgehead atoms. The lowest BCUT2D eigenvalue weighted by Crippen LogP contribution is -2.59. The monoisotopic (exact) mass is 723 g/mol. The molecule has 1 saturated heterocycles. The second kappa shape index (κ2) is 16.1. The molecular formula is C39H53N3O6S2. The first-order valence-corrected chi connectivity index (χ1v) is 21.3. The second-order valence-corrected chi connectivity index (χ2v) is 19.2. The van der Waals surface area contributed by atoms with Crippen molar-refractivity contribution in [3.05, 3.63) is 90.5 Å². The third-order valence-corrected chi connectivity index (χ3v) is 12.5. The number of hydrogen-bond acceptors (Lipinski definition) is 7. The Kier molecular flexibility index (Phi) is 12.3. The van der Waals surface area contributed by atoms with Crippen molar-refractivity contribution in [2.24, 2.45) is 17.8 Å². The first kappa shape index (κ1) is 38.1. The van der Waals surface area contributed by atoms with Crippen molar-refractivity contribution in [2.75, 3.05) is 25.1 Å². The summed E-state index contributed by atoms with van der Waals surface area (Å²) < 4.78 is 54.7. The van der Waals surface area contributed by atoms with Crippen LogP contribution < -0.4 is 10.0 Å². The molecule has 2 fully saturated rings. The van der Waals surface area contributed by atoms with E-state index in [4.69, 9.17) is 0 Å². The van der Waals surface area contributed by atoms with Gasteiger partial charge in [-0.2, -0.15) is 0 Å². The van der Waals surface area contributed by atoms with Gasteiger partial charge in [-0.3, -0.25) is 9.69 Å². The van der Waals surface area contributed by atoms with Gasteiger partial charge in [0.15, 0.2) is 9.84 Å². The minimum atomic E-state index is -3.91. The molecule has 0 aromatic heterocycles. The van der Waals surface area contributed by atoms with Crippen molar-refractivity contribution in [3.8, 4) is 0 Å². The summed E-state index contributed by atoms with van der Waals surface area (Å²) in [5, 5.41) is 16.8. The van der Waals surface area contributed by atoms with Crippen molar-refractivity contribution >= 4 is 36.5 Å². The van der Waals surface area contributed by atoms with Gasteiger partial charge in [0.1, 0.15) is 0 Å². The molecule has 1 unspecified atom stereocenters. The van der Waals surface area contributed by atoms with Crippen LogP contribution in [-0.2, 0) is 31.1 Å². The Hall–Kier alpha value is -3.09. The number of carbonyl (C=O) groups excluding carboxylic acids is 1. The minimum absolute atomic E-state index is 0.0276. The predicted octanol–water partition coefficient (Wildman–Crippen LogP) is 5.10. The lowest BCUT2D eigenvalue weighted by Gasteiger charge is -2.47. The van der Waals surface area contributed by atoms with E-state index in [1.165, 1.54) is 12.8 Å². The number of fused-ring (bicyclic) bond motifs is 2. The van der Waals surface area contributed by atoms with Crippen LogP contribution in [0.4, 0.5) is 0 Å². The Bertz CT molecular complexity index is 1860. The summed E-state index contributed by atoms with van der Waals surface area (Å²) in [5.74, 6) is -0.0466. The number of benzene rings is 3. The van der Waals surface area contributed by atoms with Crippen LogP contribution in [0.1, 0.15) is 58.4 Å². The molecule has 1 heterocycles. The van der Waals surface area contributed by atoms with Gasteiger partial charge in [-0.05, 0) is 80.3 Å². The van der Waals surface area contributed by atoms with Crippen LogP contribution in [-0.4, -0.2) is 81.6 Å². The molecule has 1 saturated carbocycles. The van der Waals surface area contributed by atoms with Gasteiger partial charge in [0, 0.05) is 24.5 Å². The molecule has 9 nitrogen and oxygen atoms in total. The van der Waals surface area contributed by atoms with Crippen LogP contribution in [0.5, 0.6) is 0 Å². The molecule has 0 spiro atoms. The van der Waals surface area contributed by atoms with E-state index in [1.807, 2.05) is 75.4 Å². The number of likely N-dealkylation sites (tertiary alicyclic amines) is 1. The molecule has 3 N–H and O–H groups in total. The van der Waals surface area contributed by atoms with Gasteiger partial charge >= 0.3 is 0 Å². The van der Waals surface area contributed by atoms with E-state index >= 15 is 0 Å². The number of sulfone groups is 1. The average molecular weight is 724 g/mol. The highest BCUT2D eigenvalue weighted by molar-refractivity contribution is 7.91. The molecule has 0 radical (unpaired) electrons. The van der Waals surface area contributed by atoms with E-state index in [0.717, 1.165) is 48.4 Å². The summed E-state index contributed by atoms with van der Waals surface area (Å²) in [5.41, 5.74) is 0.587. The normalized spacial score (nSPS) is 22.5. The van der Waals surface area contributed by atoms with Crippen LogP contribution in [0.2, 0.25) is 0 Å². The Morgan fingerprint density at radius 2 is 1.58 bits per heavy atom. The molecular weight excluding hydrogens is 671 g/mol. The number of aliphatic hydroxyl groups is 1. The zero-order chi connectivity index (χ0) is 36.1. The fraction of sp³-hybridized carbons (Fsp3) is 0.513. The highest BCUT2D eigenvalue weighted by atomic mass is 32.2. The summed E-state index contributed by atoms with van der Waals surface area (Å²) in [6.07, 6.45) is 9.19. The van der Waals surface area contributed by atoms with E-state index in [9.17, 15) is 26.7 Å². The van der Waals surface area contributed by atoms with Gasteiger partial charge < -0.3 is 10.4 Å². The number of amides is 1. The maximum atomic E-state index is 13.7. The lowest BCUT2D eigenvalue weighted by molar-refractivity contribution is -0.132. The molecule has 272 valence electrons. The van der Waals surface area contributed by atoms with E-state index in [1.54, 1.807) is 30.4 Å². The van der Waals surface area contributed by atoms with Crippen molar-refractivity contribution in [2.45, 2.75) is 87.9 Å². The molecule has 1 amide bonds. The summed E-state index contributed by atoms with van der Waals surface area (Å²) in [4.78, 5) is 15.9. The number of sulfonamides is 1. The summed E-state index contributed by atoms with van der Waals surface area (Å²) >= 11 is 0. The van der Waals surface area contributed by atoms with Crippen LogP contribution in [0.15, 0.2) is 89.8 Å². The third kappa shape index (κ3) is 10.7. The number of aliphatic hydroxyl groups excluding tert-OH is 1. The maximum Gasteiger partial charge on any atom is 0.237 e. The van der Waals surface area contributed by atoms with Crippen LogP contribution in [0, 0.1) is 17.8 Å². The van der Waals surface area contributed by atoms with Crippen molar-refractivity contribution in [3.63, 3.8) is 0 Å². The number of carbonyl (C=O) groups is 1. The van der Waals surface area contributed by atoms with Crippen molar-refractivity contribution in [1.29, 1.82) is 0 Å². The molecule has 3 aromatic rings. The number of piperidine rings is 1. The predicted molar refractivity (Wildman–Crippen MR) is 200 cm³/mol. The van der Waals surface area contributed by atoms with Crippen LogP contribution in [0.25, 0.3) is 10.8 Å². The Balaban J connectivity index is 1.41. The SMILES string of the molecule is CC(C)(C)NC(=O)[C@@H]1C[C@@H]2CCCC[C@@H]2CN1CC(O)[C@@H](/C=C/[C@@H](CS(=O)(=O)c1ccc2ccccc2c1)NS(C)(=O)=O)Cc1ccccc1. The second-order valence-electron chi connectivity index (χ2n) is 15.3. The van der Waals surface area contributed by atoms with Gasteiger partial charge in [-0.15, -0.1) is 0 Å². The van der Waals surface area contributed by atoms with Gasteiger partial charge in [0.25, 0.3) is 0 Å². The minimum Gasteiger partial charge on any atom is -0.391 e. The fourth-order valence-electron chi connectivity index (χ4n) is 7.60. The molecule has 1 aliphatic carbocycles. The number of β-amino-alcohol motifs (C(OH)–C–C–N with tert-alkyl or cyclic N) is 1. The van der Waals surface area contributed by atoms with Gasteiger partial charge in [-0.25, -0.2) is 21.6 Å². The largest absolute Gasteiger partial charge is 0.391 e. The molecule has 2 aliphatic rings. The standard InChI is InChI=1S/C39H53N3O6S2/c1-39(2,3)40-38(44)36-24-31-16-10-11-17-33(31)25-42(36)26-37(43)32(22-28-12-6-5-7-13-28)18-20-34(41-49(4,45)46)27-50(47,48)35-21-19-29-14-8-9-15-30(29)23-35/h5-9,12-15,18-21,23,31-34,36-37,41,43H,10-11,16-17,22,24-27H2,1-4H3,(H,40,44)/b20-18+/t31-,32-,33+,34-,36-,37?/m0/s1. The Morgan fingerprint density at radius 3 is 2.26 bits per heavy atom. The molecule has 11 heteroatoms. The zero-order valence-electron chi connectivity index (χ0n) is 29.7. The molecule has 1 aliphatic heterocycles. The first-order chi connectivity index (χ1) is 23.6. The number of nitrogens with zero attached hydrogens (tertiary/aromatic N) is 1. The first-order valence-electron chi connectivity index (χ1n) is 17.7. The molecule has 6 atom stereocenters. The smallest absolute Gasteiger partial charge is 0.237 e. The number of hydrogen-bond donors (Lipinski definition) is 3. The topological polar surface area (TPSA) is 133 Å². The lowest BCUT2D eigenvalue weighted by atomic mass is 9.72. The summed E-state index contributed by atoms with van der Waals surface area (Å²) in [7, 11) is -7.70. The molecule has 50 heavy (non-hydrogen) atoms. The highest BCUT2D eigenvalue weighted by Crippen LogP contribution is 2.39. The third-order valence-electron chi connectivity index (χ3n) is 9.97. The van der Waals surface area contributed by atoms with Crippen LogP contribution in [0.3, 0.4) is 0 Å². The number of nitrogens with one attached hydrogen (secondary N) is 2. The van der Waals surface area contributed by atoms with E-state index in [0.29, 0.717) is 18.3 Å². The van der Waals surface area contributed by atoms with Crippen molar-refractivity contribution in [1.82, 2.24) is 14.9 Å². The Morgan fingerprint density at radius 1 is 0.920 bits per heavy atom. The van der Waals surface area contributed by atoms with E-state index in [2.05, 4.69) is 14.9 Å². The zero-order valence-corrected chi connectivity index (χ0v) is 31.3. The van der Waals surface area contributed by atoms with Crippen LogP contribution >= 0.6 is 0 Å². The number of rotatable bonds is 13. The van der Waals surface area contributed by atoms with Gasteiger partial charge in [0.05, 0.1) is 35.1 Å². The molecule has 5 rings (SSSR count). The van der Waals surface area contributed by atoms with E-state index in [-0.39, 0.29) is 23.4 Å². The van der Waals surface area contributed by atoms with E-state index < -0.39 is 49.2 Å². The summed E-state index contributed by atoms with van der Waals surface area (Å²) in [6, 6.07) is 20.6. The Labute approximate surface area is 298 Å². The van der Waals surface area contributed by atoms with Crippen molar-refractivity contribution < 1.29 is 26.7 Å². The molecule has 3 aromatic carbocycles. The van der Waals surface area contributed by atoms with Gasteiger partial charge in [0.2, 0.25) is 15.9 Å².